The summed E-state index contributed by atoms with van der Waals surface area (Å²) in [5.74, 6) is -0.509. The van der Waals surface area contributed by atoms with Gasteiger partial charge in [-0.1, -0.05) is 72.8 Å². The van der Waals surface area contributed by atoms with Gasteiger partial charge >= 0.3 is 0 Å². The number of hydrogen-bond acceptors (Lipinski definition) is 5. The molecule has 9 heteroatoms. The highest BCUT2D eigenvalue weighted by molar-refractivity contribution is 7.89. The van der Waals surface area contributed by atoms with Gasteiger partial charge < -0.3 is 5.32 Å². The second-order valence-corrected chi connectivity index (χ2v) is 9.52. The van der Waals surface area contributed by atoms with Crippen LogP contribution in [0.4, 0.5) is 0 Å². The largest absolute Gasteiger partial charge is 0.352 e. The van der Waals surface area contributed by atoms with Crippen molar-refractivity contribution in [3.63, 3.8) is 0 Å². The predicted octanol–water partition coefficient (Wildman–Crippen LogP) is 2.73. The Bertz CT molecular complexity index is 1520. The van der Waals surface area contributed by atoms with E-state index in [4.69, 9.17) is 5.14 Å². The summed E-state index contributed by atoms with van der Waals surface area (Å²) in [6, 6.07) is 24.7. The van der Waals surface area contributed by atoms with Crippen LogP contribution in [-0.2, 0) is 23.5 Å². The van der Waals surface area contributed by atoms with Gasteiger partial charge in [0, 0.05) is 24.7 Å². The molecule has 4 rings (SSSR count). The molecule has 178 valence electrons. The molecule has 0 bridgehead atoms. The van der Waals surface area contributed by atoms with Gasteiger partial charge in [0.2, 0.25) is 10.0 Å². The minimum absolute atomic E-state index is 0.0112. The molecule has 0 atom stereocenters. The molecule has 3 N–H and O–H groups in total. The number of hydrogen-bond donors (Lipinski definition) is 2. The summed E-state index contributed by atoms with van der Waals surface area (Å²) in [7, 11) is -2.25. The van der Waals surface area contributed by atoms with Crippen molar-refractivity contribution in [2.45, 2.75) is 11.3 Å². The zero-order chi connectivity index (χ0) is 25.0. The Morgan fingerprint density at radius 3 is 2.06 bits per heavy atom. The van der Waals surface area contributed by atoms with E-state index < -0.39 is 21.5 Å². The lowest BCUT2D eigenvalue weighted by atomic mass is 9.95. The smallest absolute Gasteiger partial charge is 0.280 e. The quantitative estimate of drug-likeness (QED) is 0.414. The van der Waals surface area contributed by atoms with E-state index in [1.807, 2.05) is 60.7 Å². The average Bonchev–Trinajstić information content (AvgIpc) is 2.86. The van der Waals surface area contributed by atoms with E-state index in [1.54, 1.807) is 12.1 Å². The molecule has 0 radical (unpaired) electrons. The number of aromatic nitrogens is 2. The molecule has 35 heavy (non-hydrogen) atoms. The lowest BCUT2D eigenvalue weighted by molar-refractivity contribution is 0.0952. The Hall–Kier alpha value is -4.08. The molecule has 1 aromatic heterocycles. The molecule has 1 heterocycles. The van der Waals surface area contributed by atoms with E-state index >= 15 is 0 Å². The highest BCUT2D eigenvalue weighted by atomic mass is 32.2. The molecule has 1 amide bonds. The number of rotatable bonds is 7. The third-order valence-electron chi connectivity index (χ3n) is 5.53. The molecule has 8 nitrogen and oxygen atoms in total. The molecule has 0 unspecified atom stereocenters. The fourth-order valence-corrected chi connectivity index (χ4v) is 4.30. The van der Waals surface area contributed by atoms with Gasteiger partial charge in [-0.3, -0.25) is 9.59 Å². The van der Waals surface area contributed by atoms with Gasteiger partial charge in [-0.15, -0.1) is 0 Å². The highest BCUT2D eigenvalue weighted by Gasteiger charge is 2.24. The van der Waals surface area contributed by atoms with Gasteiger partial charge in [-0.25, -0.2) is 18.2 Å². The number of amides is 1. The number of sulfonamides is 1. The zero-order valence-corrected chi connectivity index (χ0v) is 19.8. The predicted molar refractivity (Wildman–Crippen MR) is 134 cm³/mol. The Balaban J connectivity index is 1.67. The van der Waals surface area contributed by atoms with Crippen LogP contribution < -0.4 is 16.0 Å². The molecule has 0 aliphatic heterocycles. The first kappa shape index (κ1) is 24.1. The third-order valence-corrected chi connectivity index (χ3v) is 6.46. The van der Waals surface area contributed by atoms with Crippen LogP contribution in [0.1, 0.15) is 15.9 Å². The average molecular weight is 489 g/mol. The van der Waals surface area contributed by atoms with Crippen molar-refractivity contribution in [2.75, 3.05) is 6.54 Å². The van der Waals surface area contributed by atoms with Gasteiger partial charge in [-0.2, -0.15) is 5.10 Å². The summed E-state index contributed by atoms with van der Waals surface area (Å²) in [5, 5.41) is 12.4. The van der Waals surface area contributed by atoms with Crippen LogP contribution in [0.15, 0.2) is 94.6 Å². The number of carbonyl (C=O) groups is 1. The Morgan fingerprint density at radius 1 is 0.914 bits per heavy atom. The number of nitrogens with two attached hydrogens (primary N) is 1. The van der Waals surface area contributed by atoms with Gasteiger partial charge in [0.15, 0.2) is 0 Å². The van der Waals surface area contributed by atoms with Crippen LogP contribution in [0.2, 0.25) is 0 Å². The summed E-state index contributed by atoms with van der Waals surface area (Å²) >= 11 is 0. The van der Waals surface area contributed by atoms with Gasteiger partial charge in [-0.05, 0) is 29.7 Å². The zero-order valence-electron chi connectivity index (χ0n) is 19.0. The normalized spacial score (nSPS) is 11.3. The van der Waals surface area contributed by atoms with Crippen molar-refractivity contribution in [3.8, 4) is 22.4 Å². The number of benzene rings is 3. The van der Waals surface area contributed by atoms with E-state index in [0.717, 1.165) is 11.1 Å². The van der Waals surface area contributed by atoms with E-state index in [9.17, 15) is 18.0 Å². The molecule has 0 spiro atoms. The number of primary sulfonamides is 1. The number of nitrogens with one attached hydrogen (secondary N) is 1. The SMILES string of the molecule is Cn1nc(-c2ccccc2)c(-c2ccccc2)c(C(=O)NCCc2ccc(S(N)(=O)=O)cc2)c1=O. The van der Waals surface area contributed by atoms with Gasteiger partial charge in [0.1, 0.15) is 5.56 Å². The second kappa shape index (κ2) is 10.0. The van der Waals surface area contributed by atoms with Crippen LogP contribution in [-0.4, -0.2) is 30.7 Å². The minimum atomic E-state index is -3.77. The molecule has 0 saturated heterocycles. The first-order valence-corrected chi connectivity index (χ1v) is 12.4. The molecule has 4 aromatic rings. The second-order valence-electron chi connectivity index (χ2n) is 7.95. The maximum atomic E-state index is 13.3. The standard InChI is InChI=1S/C26H24N4O4S/c1-30-26(32)23(25(31)28-17-16-18-12-14-21(15-13-18)35(27,33)34)22(19-8-4-2-5-9-19)24(29-30)20-10-6-3-7-11-20/h2-15H,16-17H2,1H3,(H,28,31)(H2,27,33,34). The van der Waals surface area contributed by atoms with Crippen molar-refractivity contribution in [1.82, 2.24) is 15.1 Å². The van der Waals surface area contributed by atoms with Crippen molar-refractivity contribution < 1.29 is 13.2 Å². The van der Waals surface area contributed by atoms with E-state index in [-0.39, 0.29) is 17.0 Å². The number of nitrogens with zero attached hydrogens (tertiary/aromatic N) is 2. The third kappa shape index (κ3) is 5.37. The van der Waals surface area contributed by atoms with Crippen molar-refractivity contribution in [3.05, 3.63) is 106 Å². The maximum absolute atomic E-state index is 13.3. The van der Waals surface area contributed by atoms with Crippen LogP contribution in [0.3, 0.4) is 0 Å². The van der Waals surface area contributed by atoms with Gasteiger partial charge in [0.25, 0.3) is 11.5 Å². The highest BCUT2D eigenvalue weighted by Crippen LogP contribution is 2.31. The molecular weight excluding hydrogens is 464 g/mol. The first-order chi connectivity index (χ1) is 16.8. The van der Waals surface area contributed by atoms with Crippen molar-refractivity contribution >= 4 is 15.9 Å². The summed E-state index contributed by atoms with van der Waals surface area (Å²) in [4.78, 5) is 26.5. The molecular formula is C26H24N4O4S. The first-order valence-electron chi connectivity index (χ1n) is 10.9. The van der Waals surface area contributed by atoms with Gasteiger partial charge in [0.05, 0.1) is 10.6 Å². The summed E-state index contributed by atoms with van der Waals surface area (Å²) in [6.07, 6.45) is 0.439. The monoisotopic (exact) mass is 488 g/mol. The fraction of sp³-hybridized carbons (Fsp3) is 0.115. The van der Waals surface area contributed by atoms with E-state index in [2.05, 4.69) is 10.4 Å². The minimum Gasteiger partial charge on any atom is -0.352 e. The Morgan fingerprint density at radius 2 is 1.49 bits per heavy atom. The molecule has 0 fully saturated rings. The van der Waals surface area contributed by atoms with Crippen LogP contribution in [0.25, 0.3) is 22.4 Å². The van der Waals surface area contributed by atoms with Crippen LogP contribution in [0.5, 0.6) is 0 Å². The lowest BCUT2D eigenvalue weighted by Crippen LogP contribution is -2.35. The summed E-state index contributed by atoms with van der Waals surface area (Å²) in [5.41, 5.74) is 2.81. The van der Waals surface area contributed by atoms with E-state index in [1.165, 1.54) is 23.9 Å². The van der Waals surface area contributed by atoms with Crippen molar-refractivity contribution in [2.24, 2.45) is 12.2 Å². The van der Waals surface area contributed by atoms with Crippen LogP contribution >= 0.6 is 0 Å². The van der Waals surface area contributed by atoms with E-state index in [0.29, 0.717) is 23.2 Å². The molecule has 0 saturated carbocycles. The van der Waals surface area contributed by atoms with Crippen molar-refractivity contribution in [1.29, 1.82) is 0 Å². The summed E-state index contributed by atoms with van der Waals surface area (Å²) < 4.78 is 24.0. The lowest BCUT2D eigenvalue weighted by Gasteiger charge is -2.16. The maximum Gasteiger partial charge on any atom is 0.280 e. The Kier molecular flexibility index (Phi) is 6.90. The molecule has 0 aliphatic carbocycles. The fourth-order valence-electron chi connectivity index (χ4n) is 3.78. The molecule has 3 aromatic carbocycles. The number of aryl methyl sites for hydroxylation is 1. The Labute approximate surface area is 203 Å². The topological polar surface area (TPSA) is 124 Å². The summed E-state index contributed by atoms with van der Waals surface area (Å²) in [6.45, 7) is 0.244. The van der Waals surface area contributed by atoms with Crippen LogP contribution in [0, 0.1) is 0 Å². The number of carbonyl (C=O) groups excluding carboxylic acids is 1. The molecule has 0 aliphatic rings.